The lowest BCUT2D eigenvalue weighted by Gasteiger charge is -2.36. The Kier molecular flexibility index (Phi) is 3.61. The van der Waals surface area contributed by atoms with Crippen LogP contribution in [0, 0.1) is 0 Å². The van der Waals surface area contributed by atoms with Crippen LogP contribution in [0.5, 0.6) is 5.75 Å². The second kappa shape index (κ2) is 4.26. The van der Waals surface area contributed by atoms with Crippen molar-refractivity contribution in [2.75, 3.05) is 0 Å². The molecule has 1 heterocycles. The molecule has 0 aliphatic rings. The molecule has 2 nitrogen and oxygen atoms in total. The summed E-state index contributed by atoms with van der Waals surface area (Å²) in [4.78, 5) is 4.10. The second-order valence-electron chi connectivity index (χ2n) is 5.20. The Morgan fingerprint density at radius 3 is 2.33 bits per heavy atom. The highest BCUT2D eigenvalue weighted by atomic mass is 79.9. The van der Waals surface area contributed by atoms with E-state index in [1.807, 2.05) is 6.07 Å². The molecule has 0 aliphatic carbocycles. The van der Waals surface area contributed by atoms with Gasteiger partial charge in [0.1, 0.15) is 5.75 Å². The van der Waals surface area contributed by atoms with Crippen LogP contribution in [0.15, 0.2) is 22.9 Å². The van der Waals surface area contributed by atoms with Crippen LogP contribution >= 0.6 is 15.9 Å². The van der Waals surface area contributed by atoms with Crippen LogP contribution in [0.1, 0.15) is 20.8 Å². The van der Waals surface area contributed by atoms with Crippen molar-refractivity contribution in [3.05, 3.63) is 22.9 Å². The minimum absolute atomic E-state index is 0.218. The van der Waals surface area contributed by atoms with Gasteiger partial charge < -0.3 is 4.43 Å². The van der Waals surface area contributed by atoms with E-state index in [1.165, 1.54) is 0 Å². The van der Waals surface area contributed by atoms with E-state index in [0.29, 0.717) is 0 Å². The van der Waals surface area contributed by atoms with Crippen LogP contribution in [-0.4, -0.2) is 13.3 Å². The molecule has 0 spiro atoms. The lowest BCUT2D eigenvalue weighted by Crippen LogP contribution is -2.43. The van der Waals surface area contributed by atoms with Crippen LogP contribution in [0.25, 0.3) is 0 Å². The number of aromatic nitrogens is 1. The maximum Gasteiger partial charge on any atom is 0.250 e. The summed E-state index contributed by atoms with van der Waals surface area (Å²) in [6.07, 6.45) is 3.53. The van der Waals surface area contributed by atoms with Crippen LogP contribution < -0.4 is 4.43 Å². The van der Waals surface area contributed by atoms with E-state index >= 15 is 0 Å². The van der Waals surface area contributed by atoms with Crippen molar-refractivity contribution in [2.24, 2.45) is 0 Å². The zero-order valence-electron chi connectivity index (χ0n) is 9.97. The van der Waals surface area contributed by atoms with E-state index < -0.39 is 8.32 Å². The zero-order valence-corrected chi connectivity index (χ0v) is 12.6. The summed E-state index contributed by atoms with van der Waals surface area (Å²) in [7, 11) is -1.73. The maximum absolute atomic E-state index is 6.09. The van der Waals surface area contributed by atoms with Gasteiger partial charge in [0.2, 0.25) is 0 Å². The monoisotopic (exact) mass is 287 g/mol. The average Bonchev–Trinajstić information content (AvgIpc) is 2.00. The van der Waals surface area contributed by atoms with Crippen molar-refractivity contribution in [1.29, 1.82) is 0 Å². The Hall–Kier alpha value is -0.353. The lowest BCUT2D eigenvalue weighted by atomic mass is 10.2. The standard InChI is InChI=1S/C11H18BrNOSi/c1-11(2,3)15(4,5)14-10-6-9(12)7-13-8-10/h6-8H,1-5H3. The molecule has 0 atom stereocenters. The summed E-state index contributed by atoms with van der Waals surface area (Å²) in [6.45, 7) is 11.1. The lowest BCUT2D eigenvalue weighted by molar-refractivity contribution is 0.490. The van der Waals surface area contributed by atoms with Crippen molar-refractivity contribution in [3.63, 3.8) is 0 Å². The molecular formula is C11H18BrNOSi. The van der Waals surface area contributed by atoms with Gasteiger partial charge in [-0.15, -0.1) is 0 Å². The van der Waals surface area contributed by atoms with E-state index in [4.69, 9.17) is 4.43 Å². The number of pyridine rings is 1. The molecule has 0 N–H and O–H groups in total. The summed E-state index contributed by atoms with van der Waals surface area (Å²) in [6, 6.07) is 1.97. The van der Waals surface area contributed by atoms with Gasteiger partial charge in [0, 0.05) is 10.7 Å². The molecule has 0 radical (unpaired) electrons. The number of nitrogens with zero attached hydrogens (tertiary/aromatic N) is 1. The molecule has 1 aromatic rings. The number of rotatable bonds is 2. The average molecular weight is 288 g/mol. The molecule has 1 rings (SSSR count). The molecule has 4 heteroatoms. The van der Waals surface area contributed by atoms with Crippen molar-refractivity contribution >= 4 is 24.2 Å². The number of hydrogen-bond donors (Lipinski definition) is 0. The first kappa shape index (κ1) is 12.7. The fourth-order valence-corrected chi connectivity index (χ4v) is 2.25. The van der Waals surface area contributed by atoms with Gasteiger partial charge in [-0.05, 0) is 40.1 Å². The Bertz CT molecular complexity index is 347. The first-order valence-electron chi connectivity index (χ1n) is 5.02. The molecule has 0 saturated heterocycles. The first-order valence-corrected chi connectivity index (χ1v) is 8.72. The minimum Gasteiger partial charge on any atom is -0.542 e. The highest BCUT2D eigenvalue weighted by molar-refractivity contribution is 9.10. The molecule has 84 valence electrons. The van der Waals surface area contributed by atoms with Gasteiger partial charge in [-0.1, -0.05) is 20.8 Å². The Morgan fingerprint density at radius 2 is 1.87 bits per heavy atom. The third kappa shape index (κ3) is 3.31. The van der Waals surface area contributed by atoms with Crippen molar-refractivity contribution in [1.82, 2.24) is 4.98 Å². The topological polar surface area (TPSA) is 22.1 Å². The quantitative estimate of drug-likeness (QED) is 0.760. The van der Waals surface area contributed by atoms with Gasteiger partial charge in [-0.3, -0.25) is 4.98 Å². The summed E-state index contributed by atoms with van der Waals surface area (Å²) in [5.41, 5.74) is 0. The van der Waals surface area contributed by atoms with Crippen LogP contribution in [-0.2, 0) is 0 Å². The minimum atomic E-state index is -1.73. The van der Waals surface area contributed by atoms with Gasteiger partial charge in [0.25, 0.3) is 8.32 Å². The first-order chi connectivity index (χ1) is 6.72. The van der Waals surface area contributed by atoms with E-state index in [9.17, 15) is 0 Å². The molecule has 0 aromatic carbocycles. The van der Waals surface area contributed by atoms with Gasteiger partial charge in [-0.2, -0.15) is 0 Å². The molecule has 0 unspecified atom stereocenters. The van der Waals surface area contributed by atoms with E-state index in [0.717, 1.165) is 10.2 Å². The van der Waals surface area contributed by atoms with E-state index in [2.05, 4.69) is 54.8 Å². The maximum atomic E-state index is 6.09. The summed E-state index contributed by atoms with van der Waals surface area (Å²) in [5, 5.41) is 0.218. The fourth-order valence-electron chi connectivity index (χ4n) is 0.896. The normalized spacial score (nSPS) is 12.7. The highest BCUT2D eigenvalue weighted by Crippen LogP contribution is 2.37. The molecule has 0 bridgehead atoms. The number of halogens is 1. The summed E-state index contributed by atoms with van der Waals surface area (Å²) >= 11 is 3.39. The Labute approximate surface area is 101 Å². The van der Waals surface area contributed by atoms with Crippen LogP contribution in [0.3, 0.4) is 0 Å². The molecule has 0 aliphatic heterocycles. The predicted octanol–water partition coefficient (Wildman–Crippen LogP) is 4.23. The fraction of sp³-hybridized carbons (Fsp3) is 0.545. The van der Waals surface area contributed by atoms with Crippen LogP contribution in [0.4, 0.5) is 0 Å². The highest BCUT2D eigenvalue weighted by Gasteiger charge is 2.38. The van der Waals surface area contributed by atoms with Gasteiger partial charge in [0.15, 0.2) is 0 Å². The second-order valence-corrected chi connectivity index (χ2v) is 10.8. The largest absolute Gasteiger partial charge is 0.542 e. The summed E-state index contributed by atoms with van der Waals surface area (Å²) in [5.74, 6) is 0.857. The Morgan fingerprint density at radius 1 is 1.27 bits per heavy atom. The SMILES string of the molecule is CC(C)(C)[Si](C)(C)Oc1cncc(Br)c1. The molecular weight excluding hydrogens is 270 g/mol. The molecule has 15 heavy (non-hydrogen) atoms. The summed E-state index contributed by atoms with van der Waals surface area (Å²) < 4.78 is 7.05. The van der Waals surface area contributed by atoms with Gasteiger partial charge >= 0.3 is 0 Å². The van der Waals surface area contributed by atoms with E-state index in [-0.39, 0.29) is 5.04 Å². The Balaban J connectivity index is 2.87. The smallest absolute Gasteiger partial charge is 0.250 e. The molecule has 0 saturated carbocycles. The van der Waals surface area contributed by atoms with E-state index in [1.54, 1.807) is 12.4 Å². The third-order valence-corrected chi connectivity index (χ3v) is 7.65. The molecule has 0 fully saturated rings. The van der Waals surface area contributed by atoms with Crippen molar-refractivity contribution in [2.45, 2.75) is 38.9 Å². The molecule has 0 amide bonds. The van der Waals surface area contributed by atoms with Crippen molar-refractivity contribution < 1.29 is 4.43 Å². The predicted molar refractivity (Wildman–Crippen MR) is 69.8 cm³/mol. The third-order valence-electron chi connectivity index (χ3n) is 2.86. The number of hydrogen-bond acceptors (Lipinski definition) is 2. The van der Waals surface area contributed by atoms with Crippen LogP contribution in [0.2, 0.25) is 18.1 Å². The van der Waals surface area contributed by atoms with Crippen molar-refractivity contribution in [3.8, 4) is 5.75 Å². The van der Waals surface area contributed by atoms with Gasteiger partial charge in [-0.25, -0.2) is 0 Å². The zero-order chi connectivity index (χ0) is 11.7. The van der Waals surface area contributed by atoms with Gasteiger partial charge in [0.05, 0.1) is 6.20 Å². The molecule has 1 aromatic heterocycles.